The normalized spacial score (nSPS) is 17.4. The van der Waals surface area contributed by atoms with E-state index in [1.807, 2.05) is 22.6 Å². The molecule has 0 unspecified atom stereocenters. The van der Waals surface area contributed by atoms with Crippen LogP contribution in [0.15, 0.2) is 21.0 Å². The van der Waals surface area contributed by atoms with E-state index in [0.717, 1.165) is 3.58 Å². The van der Waals surface area contributed by atoms with E-state index in [9.17, 15) is 4.79 Å². The van der Waals surface area contributed by atoms with Gasteiger partial charge >= 0.3 is 5.97 Å². The molecule has 4 N–H and O–H groups in total. The smallest absolute Gasteiger partial charge is 0.335 e. The quantitative estimate of drug-likeness (QED) is 0.591. The Morgan fingerprint density at radius 3 is 2.91 bits per heavy atom. The van der Waals surface area contributed by atoms with Crippen LogP contribution in [0.4, 0.5) is 0 Å². The van der Waals surface area contributed by atoms with Crippen LogP contribution < -0.4 is 11.1 Å². The Morgan fingerprint density at radius 1 is 1.82 bits per heavy atom. The van der Waals surface area contributed by atoms with Gasteiger partial charge in [-0.15, -0.1) is 0 Å². The van der Waals surface area contributed by atoms with Crippen molar-refractivity contribution in [2.75, 3.05) is 6.54 Å². The van der Waals surface area contributed by atoms with Gasteiger partial charge in [0, 0.05) is 12.7 Å². The first-order valence-corrected chi connectivity index (χ1v) is 4.02. The van der Waals surface area contributed by atoms with Gasteiger partial charge in [0.2, 0.25) is 0 Å². The number of halogens is 1. The van der Waals surface area contributed by atoms with Crippen LogP contribution in [-0.4, -0.2) is 17.6 Å². The summed E-state index contributed by atoms with van der Waals surface area (Å²) < 4.78 is 0.742. The number of carboxylic acid groups (broad SMARTS) is 1. The maximum Gasteiger partial charge on any atom is 0.335 e. The predicted octanol–water partition coefficient (Wildman–Crippen LogP) is 0.163. The lowest BCUT2D eigenvalue weighted by molar-refractivity contribution is -0.132. The van der Waals surface area contributed by atoms with E-state index in [1.165, 1.54) is 0 Å². The molecule has 4 nitrogen and oxygen atoms in total. The molecule has 1 heterocycles. The highest BCUT2D eigenvalue weighted by atomic mass is 127. The second kappa shape index (κ2) is 3.12. The first kappa shape index (κ1) is 8.38. The fraction of sp³-hybridized carbons (Fsp3) is 0.167. The first-order valence-electron chi connectivity index (χ1n) is 2.94. The summed E-state index contributed by atoms with van der Waals surface area (Å²) in [6.45, 7) is 0.299. The van der Waals surface area contributed by atoms with Crippen LogP contribution in [-0.2, 0) is 4.79 Å². The minimum absolute atomic E-state index is 0.233. The number of dihydropyridines is 1. The van der Waals surface area contributed by atoms with Crippen molar-refractivity contribution in [3.63, 3.8) is 0 Å². The molecule has 0 radical (unpaired) electrons. The molecule has 0 aromatic rings. The van der Waals surface area contributed by atoms with Crippen LogP contribution in [0.1, 0.15) is 0 Å². The van der Waals surface area contributed by atoms with Gasteiger partial charge in [0.25, 0.3) is 0 Å². The summed E-state index contributed by atoms with van der Waals surface area (Å²) in [6.07, 6.45) is 1.70. The zero-order valence-corrected chi connectivity index (χ0v) is 7.75. The number of nitrogens with two attached hydrogens (primary N) is 1. The molecule has 1 aliphatic heterocycles. The van der Waals surface area contributed by atoms with Gasteiger partial charge in [0.15, 0.2) is 0 Å². The second-order valence-corrected chi connectivity index (χ2v) is 3.23. The predicted molar refractivity (Wildman–Crippen MR) is 49.0 cm³/mol. The molecule has 0 aromatic carbocycles. The largest absolute Gasteiger partial charge is 0.478 e. The zero-order chi connectivity index (χ0) is 8.43. The average Bonchev–Trinajstić information content (AvgIpc) is 1.94. The highest BCUT2D eigenvalue weighted by Crippen LogP contribution is 2.18. The summed E-state index contributed by atoms with van der Waals surface area (Å²) in [5.41, 5.74) is 6.10. The van der Waals surface area contributed by atoms with E-state index in [1.54, 1.807) is 6.20 Å². The van der Waals surface area contributed by atoms with Crippen molar-refractivity contribution >= 4 is 28.6 Å². The van der Waals surface area contributed by atoms with Gasteiger partial charge in [-0.3, -0.25) is 0 Å². The van der Waals surface area contributed by atoms with Crippen LogP contribution >= 0.6 is 22.6 Å². The zero-order valence-electron chi connectivity index (χ0n) is 5.60. The molecule has 0 aliphatic carbocycles. The van der Waals surface area contributed by atoms with Crippen molar-refractivity contribution in [1.29, 1.82) is 0 Å². The summed E-state index contributed by atoms with van der Waals surface area (Å²) in [4.78, 5) is 10.5. The third kappa shape index (κ3) is 1.65. The topological polar surface area (TPSA) is 75.4 Å². The summed E-state index contributed by atoms with van der Waals surface area (Å²) in [5.74, 6) is -0.961. The van der Waals surface area contributed by atoms with E-state index in [4.69, 9.17) is 10.8 Å². The van der Waals surface area contributed by atoms with Gasteiger partial charge in [0.1, 0.15) is 0 Å². The Bertz CT molecular complexity index is 257. The van der Waals surface area contributed by atoms with E-state index in [2.05, 4.69) is 5.32 Å². The number of hydrogen-bond donors (Lipinski definition) is 3. The fourth-order valence-electron chi connectivity index (χ4n) is 0.751. The number of carbonyl (C=O) groups is 1. The number of carboxylic acids is 1. The minimum Gasteiger partial charge on any atom is -0.478 e. The van der Waals surface area contributed by atoms with Gasteiger partial charge in [-0.2, -0.15) is 0 Å². The Balaban J connectivity index is 3.01. The second-order valence-electron chi connectivity index (χ2n) is 2.07. The van der Waals surface area contributed by atoms with Gasteiger partial charge in [-0.05, 0) is 22.6 Å². The van der Waals surface area contributed by atoms with Crippen molar-refractivity contribution in [3.05, 3.63) is 21.0 Å². The molecule has 1 aliphatic rings. The first-order chi connectivity index (χ1) is 5.13. The molecule has 60 valence electrons. The maximum atomic E-state index is 10.5. The van der Waals surface area contributed by atoms with Crippen molar-refractivity contribution < 1.29 is 9.90 Å². The Morgan fingerprint density at radius 2 is 2.45 bits per heavy atom. The van der Waals surface area contributed by atoms with Gasteiger partial charge in [0.05, 0.1) is 14.8 Å². The molecule has 0 saturated heterocycles. The molecular formula is C6H7IN2O2. The molecule has 0 fully saturated rings. The van der Waals surface area contributed by atoms with Gasteiger partial charge < -0.3 is 16.2 Å². The lowest BCUT2D eigenvalue weighted by atomic mass is 10.1. The maximum absolute atomic E-state index is 10.5. The van der Waals surface area contributed by atoms with Crippen molar-refractivity contribution in [1.82, 2.24) is 5.32 Å². The summed E-state index contributed by atoms with van der Waals surface area (Å²) >= 11 is 1.98. The average molecular weight is 266 g/mol. The van der Waals surface area contributed by atoms with Crippen molar-refractivity contribution in [2.24, 2.45) is 5.73 Å². The van der Waals surface area contributed by atoms with E-state index in [-0.39, 0.29) is 5.57 Å². The van der Waals surface area contributed by atoms with Crippen LogP contribution in [0.5, 0.6) is 0 Å². The van der Waals surface area contributed by atoms with Crippen LogP contribution in [0.3, 0.4) is 0 Å². The van der Waals surface area contributed by atoms with E-state index >= 15 is 0 Å². The molecule has 0 spiro atoms. The summed E-state index contributed by atoms with van der Waals surface area (Å²) in [6, 6.07) is 0. The third-order valence-corrected chi connectivity index (χ3v) is 2.24. The molecule has 0 amide bonds. The molecule has 5 heteroatoms. The molecule has 0 atom stereocenters. The molecule has 0 saturated carbocycles. The Labute approximate surface area is 77.3 Å². The summed E-state index contributed by atoms with van der Waals surface area (Å²) in [7, 11) is 0. The monoisotopic (exact) mass is 266 g/mol. The number of aliphatic carboxylic acids is 1. The summed E-state index contributed by atoms with van der Waals surface area (Å²) in [5, 5.41) is 11.4. The highest BCUT2D eigenvalue weighted by Gasteiger charge is 2.16. The lowest BCUT2D eigenvalue weighted by Crippen LogP contribution is -2.25. The van der Waals surface area contributed by atoms with Gasteiger partial charge in [-0.1, -0.05) is 0 Å². The Hall–Kier alpha value is -0.720. The number of nitrogens with one attached hydrogen (secondary N) is 1. The molecular weight excluding hydrogens is 259 g/mol. The highest BCUT2D eigenvalue weighted by molar-refractivity contribution is 14.1. The van der Waals surface area contributed by atoms with Crippen molar-refractivity contribution in [2.45, 2.75) is 0 Å². The standard InChI is InChI=1S/C6H7IN2O2/c7-4-2-9-1-3(5(4)8)6(10)11/h2,9H,1,8H2,(H,10,11). The molecule has 0 bridgehead atoms. The van der Waals surface area contributed by atoms with Crippen LogP contribution in [0.2, 0.25) is 0 Å². The number of allylic oxidation sites excluding steroid dienone is 1. The lowest BCUT2D eigenvalue weighted by Gasteiger charge is -2.13. The molecule has 1 rings (SSSR count). The minimum atomic E-state index is -0.961. The van der Waals surface area contributed by atoms with Crippen molar-refractivity contribution in [3.8, 4) is 0 Å². The van der Waals surface area contributed by atoms with Crippen LogP contribution in [0, 0.1) is 0 Å². The van der Waals surface area contributed by atoms with E-state index in [0.29, 0.717) is 12.2 Å². The van der Waals surface area contributed by atoms with Gasteiger partial charge in [-0.25, -0.2) is 4.79 Å². The fourth-order valence-corrected chi connectivity index (χ4v) is 1.30. The van der Waals surface area contributed by atoms with Crippen LogP contribution in [0.25, 0.3) is 0 Å². The number of rotatable bonds is 1. The third-order valence-electron chi connectivity index (χ3n) is 1.35. The molecule has 11 heavy (non-hydrogen) atoms. The SMILES string of the molecule is NC1=C(C(=O)O)CNC=C1I. The number of hydrogen-bond acceptors (Lipinski definition) is 3. The van der Waals surface area contributed by atoms with E-state index < -0.39 is 5.97 Å². The molecule has 0 aromatic heterocycles. The Kier molecular flexibility index (Phi) is 2.38.